The van der Waals surface area contributed by atoms with Crippen molar-refractivity contribution in [2.75, 3.05) is 0 Å². The molecule has 1 aromatic carbocycles. The summed E-state index contributed by atoms with van der Waals surface area (Å²) in [6, 6.07) is 6.76. The summed E-state index contributed by atoms with van der Waals surface area (Å²) in [7, 11) is 0. The highest BCUT2D eigenvalue weighted by Gasteiger charge is 2.05. The van der Waals surface area contributed by atoms with Gasteiger partial charge in [0.15, 0.2) is 0 Å². The van der Waals surface area contributed by atoms with Crippen molar-refractivity contribution in [2.45, 2.75) is 0 Å². The predicted octanol–water partition coefficient (Wildman–Crippen LogP) is 2.01. The maximum atomic E-state index is 10.7. The van der Waals surface area contributed by atoms with Gasteiger partial charge in [0, 0.05) is 5.02 Å². The molecule has 1 rings (SSSR count). The summed E-state index contributed by atoms with van der Waals surface area (Å²) in [5, 5.41) is 8.82. The Bertz CT molecular complexity index is 396. The molecule has 0 aromatic heterocycles. The Morgan fingerprint density at radius 1 is 1.36 bits per heavy atom. The number of benzene rings is 1. The fourth-order valence-corrected chi connectivity index (χ4v) is 1.05. The van der Waals surface area contributed by atoms with E-state index in [1.165, 1.54) is 6.08 Å². The van der Waals surface area contributed by atoms with Crippen LogP contribution in [0.4, 0.5) is 0 Å². The van der Waals surface area contributed by atoms with E-state index in [1.807, 2.05) is 0 Å². The SMILES string of the molecule is O=C(O)C(=O)C=Cc1cccc(Cl)c1. The fourth-order valence-electron chi connectivity index (χ4n) is 0.853. The van der Waals surface area contributed by atoms with Gasteiger partial charge < -0.3 is 5.11 Å². The van der Waals surface area contributed by atoms with E-state index in [0.29, 0.717) is 10.6 Å². The smallest absolute Gasteiger partial charge is 0.376 e. The fraction of sp³-hybridized carbons (Fsp3) is 0. The molecule has 0 aliphatic rings. The molecule has 0 aliphatic heterocycles. The molecule has 3 nitrogen and oxygen atoms in total. The van der Waals surface area contributed by atoms with Crippen LogP contribution in [0.1, 0.15) is 5.56 Å². The molecule has 0 amide bonds. The Labute approximate surface area is 85.6 Å². The molecule has 1 aromatic rings. The Hall–Kier alpha value is -1.61. The third-order valence-electron chi connectivity index (χ3n) is 1.49. The Balaban J connectivity index is 2.79. The van der Waals surface area contributed by atoms with Crippen LogP contribution in [0.5, 0.6) is 0 Å². The minimum absolute atomic E-state index is 0.537. The van der Waals surface area contributed by atoms with E-state index in [4.69, 9.17) is 16.7 Å². The molecule has 1 N–H and O–H groups in total. The highest BCUT2D eigenvalue weighted by molar-refractivity contribution is 6.38. The Kier molecular flexibility index (Phi) is 3.42. The second kappa shape index (κ2) is 4.58. The third-order valence-corrected chi connectivity index (χ3v) is 1.72. The van der Waals surface area contributed by atoms with Crippen molar-refractivity contribution in [1.82, 2.24) is 0 Å². The molecule has 14 heavy (non-hydrogen) atoms. The number of carboxylic acids is 1. The zero-order valence-electron chi connectivity index (χ0n) is 7.11. The van der Waals surface area contributed by atoms with Crippen molar-refractivity contribution in [3.05, 3.63) is 40.9 Å². The van der Waals surface area contributed by atoms with Crippen LogP contribution in [0.2, 0.25) is 5.02 Å². The van der Waals surface area contributed by atoms with Gasteiger partial charge in [0.1, 0.15) is 0 Å². The number of carboxylic acid groups (broad SMARTS) is 1. The first-order chi connectivity index (χ1) is 6.59. The third kappa shape index (κ3) is 3.03. The lowest BCUT2D eigenvalue weighted by atomic mass is 10.2. The highest BCUT2D eigenvalue weighted by atomic mass is 35.5. The summed E-state index contributed by atoms with van der Waals surface area (Å²) in [6.45, 7) is 0. The van der Waals surface area contributed by atoms with Crippen LogP contribution >= 0.6 is 11.6 Å². The summed E-state index contributed by atoms with van der Waals surface area (Å²) in [5.41, 5.74) is 0.687. The number of hydrogen-bond acceptors (Lipinski definition) is 2. The second-order valence-electron chi connectivity index (χ2n) is 2.56. The number of aliphatic carboxylic acids is 1. The quantitative estimate of drug-likeness (QED) is 0.613. The van der Waals surface area contributed by atoms with Crippen LogP contribution in [-0.2, 0) is 9.59 Å². The molecule has 0 aliphatic carbocycles. The monoisotopic (exact) mass is 210 g/mol. The van der Waals surface area contributed by atoms with E-state index >= 15 is 0 Å². The second-order valence-corrected chi connectivity index (χ2v) is 2.99. The van der Waals surface area contributed by atoms with Crippen LogP contribution in [0.25, 0.3) is 6.08 Å². The molecule has 0 saturated carbocycles. The van der Waals surface area contributed by atoms with E-state index in [9.17, 15) is 9.59 Å². The molecule has 0 radical (unpaired) electrons. The van der Waals surface area contributed by atoms with Crippen molar-refractivity contribution < 1.29 is 14.7 Å². The Morgan fingerprint density at radius 3 is 2.64 bits per heavy atom. The lowest BCUT2D eigenvalue weighted by Crippen LogP contribution is -2.08. The van der Waals surface area contributed by atoms with Crippen LogP contribution in [0, 0.1) is 0 Å². The first-order valence-electron chi connectivity index (χ1n) is 3.80. The van der Waals surface area contributed by atoms with Crippen LogP contribution in [0.3, 0.4) is 0 Å². The van der Waals surface area contributed by atoms with Crippen molar-refractivity contribution in [3.8, 4) is 0 Å². The standard InChI is InChI=1S/C10H7ClO3/c11-8-3-1-2-7(6-8)4-5-9(12)10(13)14/h1-6H,(H,13,14). The van der Waals surface area contributed by atoms with Crippen molar-refractivity contribution in [1.29, 1.82) is 0 Å². The number of rotatable bonds is 3. The van der Waals surface area contributed by atoms with Gasteiger partial charge in [0.2, 0.25) is 0 Å². The molecule has 0 fully saturated rings. The molecule has 0 heterocycles. The molecule has 0 unspecified atom stereocenters. The minimum Gasteiger partial charge on any atom is -0.475 e. The zero-order chi connectivity index (χ0) is 10.6. The summed E-state index contributed by atoms with van der Waals surface area (Å²) in [5.74, 6) is -2.42. The largest absolute Gasteiger partial charge is 0.475 e. The normalized spacial score (nSPS) is 10.4. The van der Waals surface area contributed by atoms with Crippen LogP contribution in [-0.4, -0.2) is 16.9 Å². The van der Waals surface area contributed by atoms with Crippen molar-refractivity contribution >= 4 is 29.4 Å². The minimum atomic E-state index is -1.47. The van der Waals surface area contributed by atoms with E-state index in [1.54, 1.807) is 24.3 Å². The number of carbonyl (C=O) groups excluding carboxylic acids is 1. The summed E-state index contributed by atoms with van der Waals surface area (Å²) >= 11 is 5.69. The molecular weight excluding hydrogens is 204 g/mol. The van der Waals surface area contributed by atoms with Gasteiger partial charge in [-0.1, -0.05) is 29.8 Å². The van der Waals surface area contributed by atoms with Gasteiger partial charge in [0.25, 0.3) is 5.78 Å². The number of carbonyl (C=O) groups is 2. The average Bonchev–Trinajstić information content (AvgIpc) is 2.14. The molecule has 0 bridgehead atoms. The lowest BCUT2D eigenvalue weighted by Gasteiger charge is -1.92. The van der Waals surface area contributed by atoms with E-state index in [-0.39, 0.29) is 0 Å². The number of halogens is 1. The van der Waals surface area contributed by atoms with Gasteiger partial charge in [0.05, 0.1) is 0 Å². The van der Waals surface area contributed by atoms with Crippen molar-refractivity contribution in [3.63, 3.8) is 0 Å². The van der Waals surface area contributed by atoms with Crippen LogP contribution in [0.15, 0.2) is 30.3 Å². The maximum absolute atomic E-state index is 10.7. The molecular formula is C10H7ClO3. The van der Waals surface area contributed by atoms with Crippen molar-refractivity contribution in [2.24, 2.45) is 0 Å². The zero-order valence-corrected chi connectivity index (χ0v) is 7.86. The molecule has 0 atom stereocenters. The topological polar surface area (TPSA) is 54.4 Å². The van der Waals surface area contributed by atoms with Gasteiger partial charge >= 0.3 is 5.97 Å². The molecule has 0 spiro atoms. The van der Waals surface area contributed by atoms with Gasteiger partial charge in [-0.2, -0.15) is 0 Å². The summed E-state index contributed by atoms with van der Waals surface area (Å²) < 4.78 is 0. The van der Waals surface area contributed by atoms with Crippen LogP contribution < -0.4 is 0 Å². The first-order valence-corrected chi connectivity index (χ1v) is 4.18. The van der Waals surface area contributed by atoms with Gasteiger partial charge in [-0.25, -0.2) is 4.79 Å². The summed E-state index contributed by atoms with van der Waals surface area (Å²) in [4.78, 5) is 20.8. The van der Waals surface area contributed by atoms with Gasteiger partial charge in [-0.15, -0.1) is 0 Å². The Morgan fingerprint density at radius 2 is 2.07 bits per heavy atom. The van der Waals surface area contributed by atoms with Gasteiger partial charge in [-0.3, -0.25) is 4.79 Å². The maximum Gasteiger partial charge on any atom is 0.376 e. The number of hydrogen-bond donors (Lipinski definition) is 1. The predicted molar refractivity (Wildman–Crippen MR) is 53.1 cm³/mol. The summed E-state index contributed by atoms with van der Waals surface area (Å²) in [6.07, 6.45) is 2.40. The lowest BCUT2D eigenvalue weighted by molar-refractivity contribution is -0.146. The molecule has 4 heteroatoms. The van der Waals surface area contributed by atoms with E-state index in [0.717, 1.165) is 6.08 Å². The van der Waals surface area contributed by atoms with E-state index in [2.05, 4.69) is 0 Å². The number of ketones is 1. The highest BCUT2D eigenvalue weighted by Crippen LogP contribution is 2.11. The molecule has 72 valence electrons. The van der Waals surface area contributed by atoms with Gasteiger partial charge in [-0.05, 0) is 23.8 Å². The van der Waals surface area contributed by atoms with E-state index < -0.39 is 11.8 Å². The first kappa shape index (κ1) is 10.5. The average molecular weight is 211 g/mol. The molecule has 0 saturated heterocycles.